The molecule has 1 aliphatic heterocycles. The Kier molecular flexibility index (Phi) is 6.02. The number of carbonyl (C=O) groups excluding carboxylic acids is 1. The van der Waals surface area contributed by atoms with E-state index < -0.39 is 0 Å². The number of aryl methyl sites for hydroxylation is 2. The first-order chi connectivity index (χ1) is 15.0. The lowest BCUT2D eigenvalue weighted by atomic mass is 9.95. The second-order valence-corrected chi connectivity index (χ2v) is 8.05. The predicted molar refractivity (Wildman–Crippen MR) is 117 cm³/mol. The highest BCUT2D eigenvalue weighted by Crippen LogP contribution is 2.29. The molecule has 0 atom stereocenters. The van der Waals surface area contributed by atoms with Gasteiger partial charge in [-0.1, -0.05) is 0 Å². The Hall–Kier alpha value is -3.22. The molecule has 1 amide bonds. The normalized spacial score (nSPS) is 14.6. The first-order valence-corrected chi connectivity index (χ1v) is 10.6. The molecule has 0 saturated carbocycles. The molecular formula is C24H29N3O4. The number of ether oxygens (including phenoxy) is 2. The summed E-state index contributed by atoms with van der Waals surface area (Å²) in [5.41, 5.74) is 2.10. The first-order valence-electron chi connectivity index (χ1n) is 10.6. The van der Waals surface area contributed by atoms with Crippen LogP contribution < -0.4 is 9.47 Å². The van der Waals surface area contributed by atoms with Gasteiger partial charge in [-0.05, 0) is 56.0 Å². The SMILES string of the molecule is COc1cc(Cn2ccnc2C2CCN(C(=O)c3cc(C)c(C)o3)CC2)cc(OC)c1. The van der Waals surface area contributed by atoms with Crippen LogP contribution in [0.25, 0.3) is 0 Å². The van der Waals surface area contributed by atoms with E-state index in [1.807, 2.05) is 55.4 Å². The minimum atomic E-state index is -0.0264. The van der Waals surface area contributed by atoms with Gasteiger partial charge >= 0.3 is 0 Å². The van der Waals surface area contributed by atoms with Gasteiger partial charge in [-0.2, -0.15) is 0 Å². The molecule has 1 saturated heterocycles. The molecule has 0 bridgehead atoms. The highest BCUT2D eigenvalue weighted by Gasteiger charge is 2.28. The second-order valence-electron chi connectivity index (χ2n) is 8.05. The molecule has 0 spiro atoms. The summed E-state index contributed by atoms with van der Waals surface area (Å²) in [5, 5.41) is 0. The Bertz CT molecular complexity index is 1020. The standard InChI is InChI=1S/C24H29N3O4/c1-16-11-22(31-17(16)2)24(28)26-8-5-19(6-9-26)23-25-7-10-27(23)15-18-12-20(29-3)14-21(13-18)30-4/h7,10-14,19H,5-6,8-9,15H2,1-4H3. The maximum absolute atomic E-state index is 12.8. The van der Waals surface area contributed by atoms with Crippen LogP contribution in [-0.4, -0.2) is 47.7 Å². The minimum Gasteiger partial charge on any atom is -0.497 e. The summed E-state index contributed by atoms with van der Waals surface area (Å²) in [6.07, 6.45) is 5.61. The van der Waals surface area contributed by atoms with E-state index in [1.54, 1.807) is 14.2 Å². The maximum atomic E-state index is 12.8. The fraction of sp³-hybridized carbons (Fsp3) is 0.417. The Balaban J connectivity index is 1.44. The summed E-state index contributed by atoms with van der Waals surface area (Å²) in [6, 6.07) is 7.73. The average molecular weight is 424 g/mol. The number of rotatable bonds is 6. The molecule has 3 aromatic rings. The van der Waals surface area contributed by atoms with Gasteiger partial charge in [0, 0.05) is 44.0 Å². The van der Waals surface area contributed by atoms with Gasteiger partial charge in [0.1, 0.15) is 23.1 Å². The zero-order chi connectivity index (χ0) is 22.0. The van der Waals surface area contributed by atoms with Gasteiger partial charge in [0.15, 0.2) is 5.76 Å². The van der Waals surface area contributed by atoms with E-state index in [4.69, 9.17) is 13.9 Å². The molecule has 7 heteroatoms. The van der Waals surface area contributed by atoms with Crippen molar-refractivity contribution < 1.29 is 18.7 Å². The van der Waals surface area contributed by atoms with Crippen LogP contribution in [-0.2, 0) is 6.54 Å². The topological polar surface area (TPSA) is 69.7 Å². The number of nitrogens with zero attached hydrogens (tertiary/aromatic N) is 3. The number of likely N-dealkylation sites (tertiary alicyclic amines) is 1. The predicted octanol–water partition coefficient (Wildman–Crippen LogP) is 4.18. The van der Waals surface area contributed by atoms with Crippen molar-refractivity contribution in [2.45, 2.75) is 39.2 Å². The molecule has 0 aliphatic carbocycles. The molecule has 164 valence electrons. The lowest BCUT2D eigenvalue weighted by Crippen LogP contribution is -2.38. The van der Waals surface area contributed by atoms with Crippen LogP contribution in [0.2, 0.25) is 0 Å². The number of benzene rings is 1. The highest BCUT2D eigenvalue weighted by molar-refractivity contribution is 5.91. The summed E-state index contributed by atoms with van der Waals surface area (Å²) >= 11 is 0. The van der Waals surface area contributed by atoms with Gasteiger partial charge in [0.05, 0.1) is 14.2 Å². The Morgan fingerprint density at radius 3 is 2.35 bits per heavy atom. The first kappa shape index (κ1) is 21.0. The molecule has 0 radical (unpaired) electrons. The zero-order valence-corrected chi connectivity index (χ0v) is 18.6. The molecule has 4 rings (SSSR count). The summed E-state index contributed by atoms with van der Waals surface area (Å²) in [5.74, 6) is 4.11. The van der Waals surface area contributed by atoms with E-state index in [0.29, 0.717) is 31.3 Å². The van der Waals surface area contributed by atoms with Gasteiger partial charge in [-0.25, -0.2) is 4.98 Å². The molecule has 0 unspecified atom stereocenters. The van der Waals surface area contributed by atoms with Crippen LogP contribution in [0, 0.1) is 13.8 Å². The van der Waals surface area contributed by atoms with Crippen molar-refractivity contribution in [2.24, 2.45) is 0 Å². The fourth-order valence-electron chi connectivity index (χ4n) is 4.14. The van der Waals surface area contributed by atoms with E-state index in [1.165, 1.54) is 0 Å². The number of carbonyl (C=O) groups is 1. The Morgan fingerprint density at radius 2 is 1.77 bits per heavy atom. The van der Waals surface area contributed by atoms with Gasteiger partial charge in [0.25, 0.3) is 5.91 Å². The molecule has 1 aliphatic rings. The Morgan fingerprint density at radius 1 is 1.10 bits per heavy atom. The average Bonchev–Trinajstić information content (AvgIpc) is 3.39. The van der Waals surface area contributed by atoms with Crippen LogP contribution in [0.3, 0.4) is 0 Å². The third-order valence-corrected chi connectivity index (χ3v) is 6.04. The largest absolute Gasteiger partial charge is 0.497 e. The molecule has 2 aromatic heterocycles. The van der Waals surface area contributed by atoms with E-state index in [-0.39, 0.29) is 5.91 Å². The molecule has 31 heavy (non-hydrogen) atoms. The van der Waals surface area contributed by atoms with Crippen LogP contribution in [0.4, 0.5) is 0 Å². The summed E-state index contributed by atoms with van der Waals surface area (Å²) < 4.78 is 18.6. The van der Waals surface area contributed by atoms with Crippen LogP contribution in [0.1, 0.15) is 52.0 Å². The second kappa shape index (κ2) is 8.88. The molecule has 1 fully saturated rings. The fourth-order valence-corrected chi connectivity index (χ4v) is 4.14. The third-order valence-electron chi connectivity index (χ3n) is 6.04. The lowest BCUT2D eigenvalue weighted by Gasteiger charge is -2.31. The molecule has 3 heterocycles. The number of imidazole rings is 1. The smallest absolute Gasteiger partial charge is 0.289 e. The van der Waals surface area contributed by atoms with Gasteiger partial charge < -0.3 is 23.4 Å². The van der Waals surface area contributed by atoms with Crippen molar-refractivity contribution in [3.05, 3.63) is 65.1 Å². The van der Waals surface area contributed by atoms with Gasteiger partial charge in [-0.15, -0.1) is 0 Å². The number of hydrogen-bond donors (Lipinski definition) is 0. The summed E-state index contributed by atoms with van der Waals surface area (Å²) in [7, 11) is 3.31. The van der Waals surface area contributed by atoms with Crippen molar-refractivity contribution in [3.63, 3.8) is 0 Å². The number of methoxy groups -OCH3 is 2. The van der Waals surface area contributed by atoms with Gasteiger partial charge in [0.2, 0.25) is 0 Å². The molecular weight excluding hydrogens is 394 g/mol. The van der Waals surface area contributed by atoms with Crippen LogP contribution in [0.15, 0.2) is 41.1 Å². The number of amides is 1. The molecule has 0 N–H and O–H groups in total. The van der Waals surface area contributed by atoms with Crippen LogP contribution >= 0.6 is 0 Å². The van der Waals surface area contributed by atoms with Crippen LogP contribution in [0.5, 0.6) is 11.5 Å². The van der Waals surface area contributed by atoms with Crippen molar-refractivity contribution >= 4 is 5.91 Å². The van der Waals surface area contributed by atoms with E-state index in [2.05, 4.69) is 9.55 Å². The third kappa shape index (κ3) is 4.45. The van der Waals surface area contributed by atoms with Crippen molar-refractivity contribution in [1.82, 2.24) is 14.5 Å². The molecule has 1 aromatic carbocycles. The Labute approximate surface area is 182 Å². The zero-order valence-electron chi connectivity index (χ0n) is 18.6. The van der Waals surface area contributed by atoms with Crippen molar-refractivity contribution in [1.29, 1.82) is 0 Å². The number of hydrogen-bond acceptors (Lipinski definition) is 5. The summed E-state index contributed by atoms with van der Waals surface area (Å²) in [6.45, 7) is 5.92. The molecule has 7 nitrogen and oxygen atoms in total. The highest BCUT2D eigenvalue weighted by atomic mass is 16.5. The minimum absolute atomic E-state index is 0.0264. The van der Waals surface area contributed by atoms with E-state index >= 15 is 0 Å². The summed E-state index contributed by atoms with van der Waals surface area (Å²) in [4.78, 5) is 19.3. The number of piperidine rings is 1. The van der Waals surface area contributed by atoms with E-state index in [9.17, 15) is 4.79 Å². The van der Waals surface area contributed by atoms with Crippen molar-refractivity contribution in [2.75, 3.05) is 27.3 Å². The maximum Gasteiger partial charge on any atom is 0.289 e. The van der Waals surface area contributed by atoms with Crippen molar-refractivity contribution in [3.8, 4) is 11.5 Å². The monoisotopic (exact) mass is 423 g/mol. The quantitative estimate of drug-likeness (QED) is 0.595. The van der Waals surface area contributed by atoms with Gasteiger partial charge in [-0.3, -0.25) is 4.79 Å². The number of aromatic nitrogens is 2. The number of furan rings is 1. The lowest BCUT2D eigenvalue weighted by molar-refractivity contribution is 0.0677. The van der Waals surface area contributed by atoms with E-state index in [0.717, 1.165) is 47.1 Å².